The van der Waals surface area contributed by atoms with E-state index >= 15 is 0 Å². The predicted molar refractivity (Wildman–Crippen MR) is 97.5 cm³/mol. The number of thioether (sulfide) groups is 2. The number of nitrogens with one attached hydrogen (secondary N) is 2. The first kappa shape index (κ1) is 20.4. The van der Waals surface area contributed by atoms with E-state index in [1.807, 2.05) is 6.92 Å². The van der Waals surface area contributed by atoms with Crippen LogP contribution in [0, 0.1) is 0 Å². The Morgan fingerprint density at radius 2 is 2.08 bits per heavy atom. The van der Waals surface area contributed by atoms with E-state index < -0.39 is 17.6 Å². The minimum Gasteiger partial charge on any atom is -0.325 e. The fraction of sp³-hybridized carbons (Fsp3) is 0.312. The lowest BCUT2D eigenvalue weighted by Crippen LogP contribution is -2.16. The number of nitrogens with zero attached hydrogens (tertiary/aromatic N) is 1. The van der Waals surface area contributed by atoms with Gasteiger partial charge in [-0.15, -0.1) is 0 Å². The number of aromatic amines is 1. The number of amides is 1. The normalized spacial score (nSPS) is 11.4. The Morgan fingerprint density at radius 1 is 1.31 bits per heavy atom. The van der Waals surface area contributed by atoms with Gasteiger partial charge in [-0.2, -0.15) is 24.9 Å². The quantitative estimate of drug-likeness (QED) is 0.544. The van der Waals surface area contributed by atoms with Crippen molar-refractivity contribution in [2.24, 2.45) is 0 Å². The second kappa shape index (κ2) is 9.13. The maximum Gasteiger partial charge on any atom is 0.416 e. The zero-order valence-corrected chi connectivity index (χ0v) is 15.4. The number of hydrogen-bond donors (Lipinski definition) is 2. The van der Waals surface area contributed by atoms with Crippen molar-refractivity contribution in [1.82, 2.24) is 9.97 Å². The monoisotopic (exact) mass is 403 g/mol. The summed E-state index contributed by atoms with van der Waals surface area (Å²) in [7, 11) is 0. The van der Waals surface area contributed by atoms with Crippen molar-refractivity contribution < 1.29 is 18.0 Å². The largest absolute Gasteiger partial charge is 0.416 e. The highest BCUT2D eigenvalue weighted by molar-refractivity contribution is 7.99. The first-order valence-corrected chi connectivity index (χ1v) is 9.70. The van der Waals surface area contributed by atoms with E-state index in [4.69, 9.17) is 0 Å². The van der Waals surface area contributed by atoms with Crippen LogP contribution in [0.3, 0.4) is 0 Å². The molecule has 26 heavy (non-hydrogen) atoms. The van der Waals surface area contributed by atoms with Crippen LogP contribution in [-0.2, 0) is 16.7 Å². The summed E-state index contributed by atoms with van der Waals surface area (Å²) in [5, 5.41) is 2.70. The molecule has 1 amide bonds. The molecule has 2 rings (SSSR count). The Hall–Kier alpha value is -1.94. The molecule has 0 aliphatic heterocycles. The van der Waals surface area contributed by atoms with E-state index in [0.29, 0.717) is 16.6 Å². The molecule has 0 spiro atoms. The molecule has 0 aliphatic rings. The number of carbonyl (C=O) groups excluding carboxylic acids is 1. The summed E-state index contributed by atoms with van der Waals surface area (Å²) in [4.78, 5) is 30.4. The van der Waals surface area contributed by atoms with E-state index in [9.17, 15) is 22.8 Å². The third-order valence-electron chi connectivity index (χ3n) is 3.04. The summed E-state index contributed by atoms with van der Waals surface area (Å²) < 4.78 is 38.0. The first-order chi connectivity index (χ1) is 12.3. The SMILES string of the molecule is CCSCc1cc(=O)[nH]c(SCC(=O)Nc2cccc(C(F)(F)F)c2)n1. The van der Waals surface area contributed by atoms with Gasteiger partial charge in [0.15, 0.2) is 5.16 Å². The van der Waals surface area contributed by atoms with Crippen molar-refractivity contribution in [3.05, 3.63) is 51.9 Å². The lowest BCUT2D eigenvalue weighted by molar-refractivity contribution is -0.137. The van der Waals surface area contributed by atoms with Crippen LogP contribution >= 0.6 is 23.5 Å². The number of anilines is 1. The van der Waals surface area contributed by atoms with E-state index in [1.165, 1.54) is 18.2 Å². The van der Waals surface area contributed by atoms with Gasteiger partial charge in [0.25, 0.3) is 5.56 Å². The highest BCUT2D eigenvalue weighted by atomic mass is 32.2. The van der Waals surface area contributed by atoms with Crippen LogP contribution in [0.5, 0.6) is 0 Å². The van der Waals surface area contributed by atoms with Crippen molar-refractivity contribution in [3.63, 3.8) is 0 Å². The van der Waals surface area contributed by atoms with Crippen molar-refractivity contribution in [2.75, 3.05) is 16.8 Å². The average molecular weight is 403 g/mol. The summed E-state index contributed by atoms with van der Waals surface area (Å²) in [6.45, 7) is 1.99. The average Bonchev–Trinajstić information content (AvgIpc) is 2.57. The molecule has 140 valence electrons. The van der Waals surface area contributed by atoms with E-state index in [2.05, 4.69) is 15.3 Å². The molecule has 0 aliphatic carbocycles. The van der Waals surface area contributed by atoms with Crippen LogP contribution in [0.4, 0.5) is 18.9 Å². The van der Waals surface area contributed by atoms with Gasteiger partial charge in [0.2, 0.25) is 5.91 Å². The molecule has 1 heterocycles. The molecule has 2 aromatic rings. The van der Waals surface area contributed by atoms with Gasteiger partial charge in [-0.1, -0.05) is 24.8 Å². The van der Waals surface area contributed by atoms with Crippen LogP contribution in [-0.4, -0.2) is 27.4 Å². The van der Waals surface area contributed by atoms with Gasteiger partial charge in [-0.25, -0.2) is 4.98 Å². The molecule has 2 N–H and O–H groups in total. The molecule has 0 unspecified atom stereocenters. The van der Waals surface area contributed by atoms with E-state index in [-0.39, 0.29) is 17.0 Å². The maximum atomic E-state index is 12.7. The summed E-state index contributed by atoms with van der Waals surface area (Å²) in [5.74, 6) is 0.884. The van der Waals surface area contributed by atoms with Crippen molar-refractivity contribution >= 4 is 35.1 Å². The van der Waals surface area contributed by atoms with Gasteiger partial charge in [0, 0.05) is 17.5 Å². The molecular weight excluding hydrogens is 387 g/mol. The molecule has 10 heteroatoms. The molecule has 5 nitrogen and oxygen atoms in total. The highest BCUT2D eigenvalue weighted by Crippen LogP contribution is 2.30. The van der Waals surface area contributed by atoms with Crippen LogP contribution in [0.1, 0.15) is 18.2 Å². The number of carbonyl (C=O) groups is 1. The molecule has 0 bridgehead atoms. The molecule has 0 atom stereocenters. The molecule has 0 fully saturated rings. The number of alkyl halides is 3. The standard InChI is InChI=1S/C16H16F3N3O2S2/c1-2-25-8-12-7-13(23)22-15(21-12)26-9-14(24)20-11-5-3-4-10(6-11)16(17,18)19/h3-7H,2,8-9H2,1H3,(H,20,24)(H,21,22,23). The molecule has 1 aromatic heterocycles. The Balaban J connectivity index is 1.97. The minimum atomic E-state index is -4.48. The minimum absolute atomic E-state index is 0.0555. The lowest BCUT2D eigenvalue weighted by atomic mass is 10.2. The number of rotatable bonds is 7. The zero-order chi connectivity index (χ0) is 19.2. The van der Waals surface area contributed by atoms with Crippen LogP contribution in [0.25, 0.3) is 0 Å². The molecular formula is C16H16F3N3O2S2. The molecule has 0 saturated heterocycles. The molecule has 1 aromatic carbocycles. The topological polar surface area (TPSA) is 74.8 Å². The van der Waals surface area contributed by atoms with Crippen molar-refractivity contribution in [3.8, 4) is 0 Å². The van der Waals surface area contributed by atoms with Crippen LogP contribution in [0.2, 0.25) is 0 Å². The second-order valence-electron chi connectivity index (χ2n) is 5.09. The fourth-order valence-corrected chi connectivity index (χ4v) is 3.19. The third-order valence-corrected chi connectivity index (χ3v) is 4.82. The summed E-state index contributed by atoms with van der Waals surface area (Å²) in [6.07, 6.45) is -4.48. The summed E-state index contributed by atoms with van der Waals surface area (Å²) in [5.41, 5.74) is -0.482. The fourth-order valence-electron chi connectivity index (χ4n) is 1.94. The van der Waals surface area contributed by atoms with E-state index in [1.54, 1.807) is 11.8 Å². The van der Waals surface area contributed by atoms with Crippen molar-refractivity contribution in [2.45, 2.75) is 24.0 Å². The van der Waals surface area contributed by atoms with E-state index in [0.717, 1.165) is 29.6 Å². The first-order valence-electron chi connectivity index (χ1n) is 7.56. The van der Waals surface area contributed by atoms with Gasteiger partial charge < -0.3 is 10.3 Å². The second-order valence-corrected chi connectivity index (χ2v) is 7.33. The van der Waals surface area contributed by atoms with Crippen LogP contribution in [0.15, 0.2) is 40.3 Å². The summed E-state index contributed by atoms with van der Waals surface area (Å²) >= 11 is 2.62. The van der Waals surface area contributed by atoms with Gasteiger partial charge in [-0.3, -0.25) is 9.59 Å². The Labute approximate surface area is 156 Å². The Bertz CT molecular complexity index is 825. The van der Waals surface area contributed by atoms with Gasteiger partial charge in [0.05, 0.1) is 17.0 Å². The predicted octanol–water partition coefficient (Wildman–Crippen LogP) is 3.77. The smallest absolute Gasteiger partial charge is 0.325 e. The molecule has 0 saturated carbocycles. The summed E-state index contributed by atoms with van der Waals surface area (Å²) in [6, 6.07) is 5.79. The Kier molecular flexibility index (Phi) is 7.15. The number of halogens is 3. The lowest BCUT2D eigenvalue weighted by Gasteiger charge is -2.09. The van der Waals surface area contributed by atoms with Gasteiger partial charge in [-0.05, 0) is 24.0 Å². The number of H-pyrrole nitrogens is 1. The third kappa shape index (κ3) is 6.41. The highest BCUT2D eigenvalue weighted by Gasteiger charge is 2.30. The zero-order valence-electron chi connectivity index (χ0n) is 13.7. The number of hydrogen-bond acceptors (Lipinski definition) is 5. The van der Waals surface area contributed by atoms with Crippen molar-refractivity contribution in [1.29, 1.82) is 0 Å². The number of aromatic nitrogens is 2. The van der Waals surface area contributed by atoms with Gasteiger partial charge >= 0.3 is 6.18 Å². The van der Waals surface area contributed by atoms with Gasteiger partial charge in [0.1, 0.15) is 0 Å². The Morgan fingerprint density at radius 3 is 2.77 bits per heavy atom. The molecule has 0 radical (unpaired) electrons. The maximum absolute atomic E-state index is 12.7. The van der Waals surface area contributed by atoms with Crippen LogP contribution < -0.4 is 10.9 Å². The number of benzene rings is 1.